The minimum absolute atomic E-state index is 0.0191. The third-order valence-electron chi connectivity index (χ3n) is 7.90. The third kappa shape index (κ3) is 6.68. The second-order valence-corrected chi connectivity index (χ2v) is 10.3. The van der Waals surface area contributed by atoms with E-state index < -0.39 is 6.10 Å². The van der Waals surface area contributed by atoms with Gasteiger partial charge >= 0.3 is 5.97 Å². The van der Waals surface area contributed by atoms with E-state index in [2.05, 4.69) is 29.1 Å². The van der Waals surface area contributed by atoms with Crippen LogP contribution >= 0.6 is 0 Å². The van der Waals surface area contributed by atoms with E-state index in [1.54, 1.807) is 13.1 Å². The highest BCUT2D eigenvalue weighted by molar-refractivity contribution is 5.74. The lowest BCUT2D eigenvalue weighted by molar-refractivity contribution is -0.152. The molecule has 0 aliphatic heterocycles. The summed E-state index contributed by atoms with van der Waals surface area (Å²) in [5, 5.41) is 3.23. The second kappa shape index (κ2) is 12.7. The van der Waals surface area contributed by atoms with Crippen molar-refractivity contribution in [1.82, 2.24) is 15.3 Å². The zero-order valence-corrected chi connectivity index (χ0v) is 22.1. The molecule has 4 atom stereocenters. The van der Waals surface area contributed by atoms with Gasteiger partial charge in [0.2, 0.25) is 5.91 Å². The number of carbonyl (C=O) groups excluding carboxylic acids is 2. The van der Waals surface area contributed by atoms with Gasteiger partial charge in [-0.3, -0.25) is 9.59 Å². The predicted molar refractivity (Wildman–Crippen MR) is 145 cm³/mol. The van der Waals surface area contributed by atoms with Gasteiger partial charge < -0.3 is 15.0 Å². The van der Waals surface area contributed by atoms with E-state index in [4.69, 9.17) is 4.74 Å². The Bertz CT molecular complexity index is 1070. The Morgan fingerprint density at radius 2 is 1.62 bits per heavy atom. The van der Waals surface area contributed by atoms with Gasteiger partial charge in [-0.25, -0.2) is 4.98 Å². The van der Waals surface area contributed by atoms with Crippen LogP contribution in [0.1, 0.15) is 81.8 Å². The van der Waals surface area contributed by atoms with Crippen molar-refractivity contribution >= 4 is 11.9 Å². The fourth-order valence-corrected chi connectivity index (χ4v) is 5.88. The Labute approximate surface area is 220 Å². The van der Waals surface area contributed by atoms with Gasteiger partial charge in [0, 0.05) is 31.3 Å². The molecule has 3 aromatic rings. The molecule has 0 unspecified atom stereocenters. The van der Waals surface area contributed by atoms with Gasteiger partial charge in [-0.05, 0) is 42.2 Å². The lowest BCUT2D eigenvalue weighted by atomic mass is 9.82. The number of carbonyl (C=O) groups is 2. The van der Waals surface area contributed by atoms with E-state index in [1.807, 2.05) is 66.9 Å². The van der Waals surface area contributed by atoms with E-state index in [9.17, 15) is 9.59 Å². The number of imidazole rings is 1. The Balaban J connectivity index is 1.59. The van der Waals surface area contributed by atoms with E-state index >= 15 is 0 Å². The minimum atomic E-state index is -0.466. The average Bonchev–Trinajstić information content (AvgIpc) is 3.61. The summed E-state index contributed by atoms with van der Waals surface area (Å²) in [4.78, 5) is 33.7. The maximum Gasteiger partial charge on any atom is 0.309 e. The quantitative estimate of drug-likeness (QED) is 0.307. The van der Waals surface area contributed by atoms with Gasteiger partial charge in [-0.15, -0.1) is 0 Å². The van der Waals surface area contributed by atoms with E-state index in [0.29, 0.717) is 18.8 Å². The van der Waals surface area contributed by atoms with Crippen molar-refractivity contribution in [2.45, 2.75) is 70.9 Å². The molecule has 1 aliphatic carbocycles. The maximum absolute atomic E-state index is 13.7. The number of nitrogens with one attached hydrogen (secondary N) is 2. The highest BCUT2D eigenvalue weighted by atomic mass is 16.5. The smallest absolute Gasteiger partial charge is 0.309 e. The zero-order chi connectivity index (χ0) is 26.2. The number of amides is 1. The minimum Gasteiger partial charge on any atom is -0.452 e. The fourth-order valence-electron chi connectivity index (χ4n) is 5.88. The monoisotopic (exact) mass is 501 g/mol. The lowest BCUT2D eigenvalue weighted by Gasteiger charge is -2.31. The standard InChI is InChI=1S/C31H39N3O3/c1-4-22(5-2)18-28(34-21(3)35)26-19-25(20-27(26)30-32-16-17-33-30)31(36)37-29(23-12-8-6-9-13-23)24-14-10-7-11-15-24/h6-17,22,25-29H,4-5,18-20H2,1-3H3,(H,32,33)(H,34,35)/t25-,26-,27-,28+/m1/s1. The molecule has 1 amide bonds. The average molecular weight is 502 g/mol. The number of aromatic nitrogens is 2. The van der Waals surface area contributed by atoms with Crippen LogP contribution in [0.4, 0.5) is 0 Å². The van der Waals surface area contributed by atoms with Crippen molar-refractivity contribution in [3.63, 3.8) is 0 Å². The second-order valence-electron chi connectivity index (χ2n) is 10.3. The summed E-state index contributed by atoms with van der Waals surface area (Å²) in [7, 11) is 0. The summed E-state index contributed by atoms with van der Waals surface area (Å²) in [6.45, 7) is 5.98. The van der Waals surface area contributed by atoms with Crippen molar-refractivity contribution in [3.8, 4) is 0 Å². The summed E-state index contributed by atoms with van der Waals surface area (Å²) in [6.07, 6.45) is 7.44. The van der Waals surface area contributed by atoms with Crippen LogP contribution in [0.2, 0.25) is 0 Å². The number of nitrogens with zero attached hydrogens (tertiary/aromatic N) is 1. The largest absolute Gasteiger partial charge is 0.452 e. The van der Waals surface area contributed by atoms with Crippen LogP contribution in [-0.2, 0) is 14.3 Å². The van der Waals surface area contributed by atoms with Gasteiger partial charge in [-0.2, -0.15) is 0 Å². The summed E-state index contributed by atoms with van der Waals surface area (Å²) < 4.78 is 6.25. The van der Waals surface area contributed by atoms with Crippen LogP contribution in [0.25, 0.3) is 0 Å². The van der Waals surface area contributed by atoms with Crippen LogP contribution < -0.4 is 5.32 Å². The van der Waals surface area contributed by atoms with Crippen molar-refractivity contribution in [2.75, 3.05) is 0 Å². The number of esters is 1. The number of rotatable bonds is 11. The van der Waals surface area contributed by atoms with Gasteiger partial charge in [0.25, 0.3) is 0 Å². The van der Waals surface area contributed by atoms with Gasteiger partial charge in [-0.1, -0.05) is 87.4 Å². The molecule has 0 spiro atoms. The van der Waals surface area contributed by atoms with E-state index in [1.165, 1.54) is 0 Å². The molecule has 2 N–H and O–H groups in total. The molecule has 4 rings (SSSR count). The Morgan fingerprint density at radius 3 is 2.14 bits per heavy atom. The molecule has 2 aromatic carbocycles. The summed E-state index contributed by atoms with van der Waals surface area (Å²) >= 11 is 0. The summed E-state index contributed by atoms with van der Waals surface area (Å²) in [5.41, 5.74) is 1.90. The van der Waals surface area contributed by atoms with Crippen LogP contribution in [-0.4, -0.2) is 27.9 Å². The Morgan fingerprint density at radius 1 is 1.00 bits per heavy atom. The number of aromatic amines is 1. The van der Waals surface area contributed by atoms with Crippen LogP contribution in [0, 0.1) is 17.8 Å². The molecule has 37 heavy (non-hydrogen) atoms. The Hall–Kier alpha value is -3.41. The molecular formula is C31H39N3O3. The van der Waals surface area contributed by atoms with Crippen LogP contribution in [0.3, 0.4) is 0 Å². The molecule has 1 aliphatic rings. The molecule has 0 bridgehead atoms. The van der Waals surface area contributed by atoms with Crippen molar-refractivity contribution in [1.29, 1.82) is 0 Å². The van der Waals surface area contributed by atoms with E-state index in [0.717, 1.165) is 36.2 Å². The van der Waals surface area contributed by atoms with Crippen LogP contribution in [0.5, 0.6) is 0 Å². The molecule has 0 saturated heterocycles. The molecule has 1 aromatic heterocycles. The Kier molecular flexibility index (Phi) is 9.15. The van der Waals surface area contributed by atoms with Crippen molar-refractivity contribution in [3.05, 3.63) is 90.0 Å². The van der Waals surface area contributed by atoms with E-state index in [-0.39, 0.29) is 35.7 Å². The molecular weight excluding hydrogens is 462 g/mol. The van der Waals surface area contributed by atoms with Gasteiger partial charge in [0.15, 0.2) is 6.10 Å². The lowest BCUT2D eigenvalue weighted by Crippen LogP contribution is -2.41. The third-order valence-corrected chi connectivity index (χ3v) is 7.90. The van der Waals surface area contributed by atoms with Crippen molar-refractivity contribution < 1.29 is 14.3 Å². The molecule has 1 fully saturated rings. The topological polar surface area (TPSA) is 84.1 Å². The highest BCUT2D eigenvalue weighted by Gasteiger charge is 2.45. The first-order valence-electron chi connectivity index (χ1n) is 13.6. The van der Waals surface area contributed by atoms with Crippen LogP contribution in [0.15, 0.2) is 73.1 Å². The zero-order valence-electron chi connectivity index (χ0n) is 22.1. The predicted octanol–water partition coefficient (Wildman–Crippen LogP) is 6.18. The SMILES string of the molecule is CCC(CC)C[C@H](NC(C)=O)[C@@H]1C[C@@H](C(=O)OC(c2ccccc2)c2ccccc2)C[C@H]1c1ncc[nH]1. The molecule has 1 heterocycles. The first-order chi connectivity index (χ1) is 18.0. The number of ether oxygens (including phenoxy) is 1. The first-order valence-corrected chi connectivity index (χ1v) is 13.6. The molecule has 6 nitrogen and oxygen atoms in total. The fraction of sp³-hybridized carbons (Fsp3) is 0.452. The molecule has 6 heteroatoms. The van der Waals surface area contributed by atoms with Crippen molar-refractivity contribution in [2.24, 2.45) is 17.8 Å². The number of H-pyrrole nitrogens is 1. The normalized spacial score (nSPS) is 20.2. The molecule has 196 valence electrons. The summed E-state index contributed by atoms with van der Waals surface area (Å²) in [6, 6.07) is 19.8. The number of hydrogen-bond acceptors (Lipinski definition) is 4. The molecule has 0 radical (unpaired) electrons. The molecule has 1 saturated carbocycles. The highest BCUT2D eigenvalue weighted by Crippen LogP contribution is 2.46. The van der Waals surface area contributed by atoms with Gasteiger partial charge in [0.05, 0.1) is 5.92 Å². The maximum atomic E-state index is 13.7. The van der Waals surface area contributed by atoms with Gasteiger partial charge in [0.1, 0.15) is 5.82 Å². The number of hydrogen-bond donors (Lipinski definition) is 2. The summed E-state index contributed by atoms with van der Waals surface area (Å²) in [5.74, 6) is 1.04. The first kappa shape index (κ1) is 26.6. The number of benzene rings is 2.